The van der Waals surface area contributed by atoms with Gasteiger partial charge >= 0.3 is 0 Å². The average molecular weight is 389 g/mol. The molecule has 0 saturated carbocycles. The number of hydrogen-bond acceptors (Lipinski definition) is 6. The van der Waals surface area contributed by atoms with Gasteiger partial charge in [0.1, 0.15) is 6.17 Å². The van der Waals surface area contributed by atoms with Gasteiger partial charge in [-0.15, -0.1) is 0 Å². The number of amides is 2. The van der Waals surface area contributed by atoms with Crippen molar-refractivity contribution < 1.29 is 14.0 Å². The van der Waals surface area contributed by atoms with Gasteiger partial charge in [-0.25, -0.2) is 4.39 Å². The molecule has 3 saturated heterocycles. The molecule has 0 radical (unpaired) electrons. The molecule has 4 heterocycles. The molecule has 2 N–H and O–H groups in total. The van der Waals surface area contributed by atoms with Gasteiger partial charge in [-0.3, -0.25) is 24.8 Å². The Morgan fingerprint density at radius 3 is 2.61 bits per heavy atom. The molecule has 152 valence electrons. The van der Waals surface area contributed by atoms with Crippen molar-refractivity contribution in [3.63, 3.8) is 0 Å². The van der Waals surface area contributed by atoms with Crippen LogP contribution < -0.4 is 15.5 Å². The number of piperidine rings is 2. The summed E-state index contributed by atoms with van der Waals surface area (Å²) in [5.74, 6) is -0.898. The maximum Gasteiger partial charge on any atom is 0.235 e. The zero-order valence-corrected chi connectivity index (χ0v) is 16.3. The Morgan fingerprint density at radius 2 is 1.93 bits per heavy atom. The number of hydrogen-bond donors (Lipinski definition) is 2. The largest absolute Gasteiger partial charge is 0.367 e. The number of nitrogens with zero attached hydrogens (tertiary/aromatic N) is 3. The van der Waals surface area contributed by atoms with E-state index < -0.39 is 12.1 Å². The Labute approximate surface area is 164 Å². The molecule has 0 aliphatic carbocycles. The van der Waals surface area contributed by atoms with Crippen molar-refractivity contribution in [3.05, 3.63) is 23.5 Å². The highest BCUT2D eigenvalue weighted by molar-refractivity contribution is 6.00. The first kappa shape index (κ1) is 19.3. The number of piperazine rings is 1. The third-order valence-corrected chi connectivity index (χ3v) is 6.14. The van der Waals surface area contributed by atoms with Crippen LogP contribution in [0.25, 0.3) is 0 Å². The summed E-state index contributed by atoms with van der Waals surface area (Å²) < 4.78 is 14.9. The number of pyridine rings is 1. The van der Waals surface area contributed by atoms with Crippen molar-refractivity contribution >= 4 is 17.5 Å². The second-order valence-corrected chi connectivity index (χ2v) is 7.95. The summed E-state index contributed by atoms with van der Waals surface area (Å²) in [5, 5.41) is 5.70. The van der Waals surface area contributed by atoms with Crippen LogP contribution in [0.1, 0.15) is 36.6 Å². The molecule has 8 heteroatoms. The van der Waals surface area contributed by atoms with E-state index >= 15 is 0 Å². The SMILES string of the molecule is Cc1nc(C2CCC(=O)NC2=O)ccc1N1CC[C@H](N2CCNCC2)[C@@H](F)C1. The van der Waals surface area contributed by atoms with Crippen LogP contribution in [0.3, 0.4) is 0 Å². The zero-order valence-electron chi connectivity index (χ0n) is 16.3. The fraction of sp³-hybridized carbons (Fsp3) is 0.650. The van der Waals surface area contributed by atoms with Crippen molar-refractivity contribution in [2.24, 2.45) is 0 Å². The molecule has 7 nitrogen and oxygen atoms in total. The van der Waals surface area contributed by atoms with E-state index in [2.05, 4.69) is 25.4 Å². The second kappa shape index (κ2) is 8.13. The van der Waals surface area contributed by atoms with E-state index in [0.717, 1.165) is 50.5 Å². The van der Waals surface area contributed by atoms with Gasteiger partial charge < -0.3 is 10.2 Å². The fourth-order valence-corrected chi connectivity index (χ4v) is 4.61. The molecule has 3 atom stereocenters. The monoisotopic (exact) mass is 389 g/mol. The highest BCUT2D eigenvalue weighted by atomic mass is 19.1. The van der Waals surface area contributed by atoms with E-state index in [9.17, 15) is 14.0 Å². The van der Waals surface area contributed by atoms with E-state index in [1.165, 1.54) is 0 Å². The number of carbonyl (C=O) groups is 2. The quantitative estimate of drug-likeness (QED) is 0.743. The first-order valence-electron chi connectivity index (χ1n) is 10.2. The highest BCUT2D eigenvalue weighted by Gasteiger charge is 2.35. The van der Waals surface area contributed by atoms with Gasteiger partial charge in [-0.1, -0.05) is 0 Å². The summed E-state index contributed by atoms with van der Waals surface area (Å²) in [5.41, 5.74) is 2.41. The summed E-state index contributed by atoms with van der Waals surface area (Å²) in [6, 6.07) is 3.78. The summed E-state index contributed by atoms with van der Waals surface area (Å²) in [4.78, 5) is 32.4. The number of halogens is 1. The predicted molar refractivity (Wildman–Crippen MR) is 104 cm³/mol. The molecule has 1 aromatic rings. The standard InChI is InChI=1S/C20H28FN5O2/c1-13-17(4-3-16(23-13)14-2-5-19(27)24-20(14)28)26-9-6-18(15(21)12-26)25-10-7-22-8-11-25/h3-4,14-15,18,22H,2,5-12H2,1H3,(H,24,27,28)/t14?,15-,18-/m0/s1. The lowest BCUT2D eigenvalue weighted by Gasteiger charge is -2.43. The van der Waals surface area contributed by atoms with E-state index in [1.54, 1.807) is 0 Å². The lowest BCUT2D eigenvalue weighted by molar-refractivity contribution is -0.134. The van der Waals surface area contributed by atoms with E-state index in [-0.39, 0.29) is 17.9 Å². The lowest BCUT2D eigenvalue weighted by atomic mass is 9.94. The third kappa shape index (κ3) is 3.89. The van der Waals surface area contributed by atoms with E-state index in [4.69, 9.17) is 0 Å². The predicted octanol–water partition coefficient (Wildman–Crippen LogP) is 0.732. The Balaban J connectivity index is 1.43. The van der Waals surface area contributed by atoms with Crippen LogP contribution in [-0.2, 0) is 9.59 Å². The average Bonchev–Trinajstić information content (AvgIpc) is 2.68. The minimum atomic E-state index is -0.888. The van der Waals surface area contributed by atoms with Crippen molar-refractivity contribution in [3.8, 4) is 0 Å². The lowest BCUT2D eigenvalue weighted by Crippen LogP contribution is -2.57. The number of rotatable bonds is 3. The molecule has 4 rings (SSSR count). The van der Waals surface area contributed by atoms with Crippen LogP contribution in [0.2, 0.25) is 0 Å². The smallest absolute Gasteiger partial charge is 0.235 e. The Hall–Kier alpha value is -2.06. The highest BCUT2D eigenvalue weighted by Crippen LogP contribution is 2.30. The summed E-state index contributed by atoms with van der Waals surface area (Å²) >= 11 is 0. The van der Waals surface area contributed by atoms with Crippen molar-refractivity contribution in [2.75, 3.05) is 44.2 Å². The van der Waals surface area contributed by atoms with Crippen LogP contribution in [0.5, 0.6) is 0 Å². The van der Waals surface area contributed by atoms with Gasteiger partial charge in [0.2, 0.25) is 11.8 Å². The molecule has 1 unspecified atom stereocenters. The van der Waals surface area contributed by atoms with E-state index in [1.807, 2.05) is 19.1 Å². The van der Waals surface area contributed by atoms with Crippen LogP contribution in [-0.4, -0.2) is 73.2 Å². The van der Waals surface area contributed by atoms with Gasteiger partial charge in [0, 0.05) is 45.2 Å². The number of carbonyl (C=O) groups excluding carboxylic acids is 2. The van der Waals surface area contributed by atoms with Gasteiger partial charge in [0.15, 0.2) is 0 Å². The Kier molecular flexibility index (Phi) is 5.59. The molecular weight excluding hydrogens is 361 g/mol. The van der Waals surface area contributed by atoms with Crippen LogP contribution >= 0.6 is 0 Å². The van der Waals surface area contributed by atoms with Gasteiger partial charge in [-0.2, -0.15) is 0 Å². The summed E-state index contributed by atoms with van der Waals surface area (Å²) in [6.07, 6.45) is 0.734. The molecule has 2 amide bonds. The molecule has 3 aliphatic heterocycles. The molecule has 0 spiro atoms. The minimum Gasteiger partial charge on any atom is -0.367 e. The zero-order chi connectivity index (χ0) is 19.7. The maximum atomic E-state index is 14.9. The second-order valence-electron chi connectivity index (χ2n) is 7.95. The number of imide groups is 1. The van der Waals surface area contributed by atoms with Crippen molar-refractivity contribution in [1.82, 2.24) is 20.5 Å². The Morgan fingerprint density at radius 1 is 1.14 bits per heavy atom. The normalized spacial score (nSPS) is 29.6. The van der Waals surface area contributed by atoms with Crippen molar-refractivity contribution in [1.29, 1.82) is 0 Å². The maximum absolute atomic E-state index is 14.9. The topological polar surface area (TPSA) is 77.6 Å². The van der Waals surface area contributed by atoms with Crippen LogP contribution in [0, 0.1) is 6.92 Å². The van der Waals surface area contributed by atoms with Crippen molar-refractivity contribution in [2.45, 2.75) is 44.3 Å². The van der Waals surface area contributed by atoms with Gasteiger partial charge in [0.05, 0.1) is 29.5 Å². The molecule has 3 fully saturated rings. The number of anilines is 1. The Bertz CT molecular complexity index is 752. The number of nitrogens with one attached hydrogen (secondary N) is 2. The van der Waals surface area contributed by atoms with Crippen LogP contribution in [0.15, 0.2) is 12.1 Å². The molecular formula is C20H28FN5O2. The number of aromatic nitrogens is 1. The van der Waals surface area contributed by atoms with E-state index in [0.29, 0.717) is 25.1 Å². The van der Waals surface area contributed by atoms with Crippen LogP contribution in [0.4, 0.5) is 10.1 Å². The molecule has 0 aromatic carbocycles. The first-order valence-corrected chi connectivity index (χ1v) is 10.2. The number of aryl methyl sites for hydroxylation is 1. The minimum absolute atomic E-state index is 0.00522. The molecule has 1 aromatic heterocycles. The summed E-state index contributed by atoms with van der Waals surface area (Å²) in [6.45, 7) is 6.75. The molecule has 3 aliphatic rings. The van der Waals surface area contributed by atoms with Gasteiger partial charge in [-0.05, 0) is 31.9 Å². The number of alkyl halides is 1. The molecule has 28 heavy (non-hydrogen) atoms. The third-order valence-electron chi connectivity index (χ3n) is 6.14. The molecule has 0 bridgehead atoms. The fourth-order valence-electron chi connectivity index (χ4n) is 4.61. The first-order chi connectivity index (χ1) is 13.5. The van der Waals surface area contributed by atoms with Gasteiger partial charge in [0.25, 0.3) is 0 Å². The summed E-state index contributed by atoms with van der Waals surface area (Å²) in [7, 11) is 0.